The summed E-state index contributed by atoms with van der Waals surface area (Å²) < 4.78 is 16.5. The van der Waals surface area contributed by atoms with Gasteiger partial charge in [0.25, 0.3) is 11.7 Å². The molecule has 2 heterocycles. The third-order valence-electron chi connectivity index (χ3n) is 5.89. The summed E-state index contributed by atoms with van der Waals surface area (Å²) in [5, 5.41) is 11.1. The third kappa shape index (κ3) is 4.64. The molecule has 2 saturated heterocycles. The number of methoxy groups -OCH3 is 1. The van der Waals surface area contributed by atoms with Crippen molar-refractivity contribution in [3.05, 3.63) is 77.9 Å². The highest BCUT2D eigenvalue weighted by molar-refractivity contribution is 6.46. The van der Waals surface area contributed by atoms with E-state index in [9.17, 15) is 14.7 Å². The molecule has 7 nitrogen and oxygen atoms in total. The number of ketones is 1. The number of rotatable bonds is 8. The van der Waals surface area contributed by atoms with Crippen LogP contribution in [0.15, 0.2) is 66.8 Å². The van der Waals surface area contributed by atoms with E-state index < -0.39 is 17.7 Å². The van der Waals surface area contributed by atoms with Gasteiger partial charge in [0.15, 0.2) is 0 Å². The van der Waals surface area contributed by atoms with Gasteiger partial charge in [0.05, 0.1) is 24.8 Å². The molecule has 1 amide bonds. The van der Waals surface area contributed by atoms with E-state index in [1.54, 1.807) is 61.7 Å². The molecule has 2 unspecified atom stereocenters. The minimum atomic E-state index is -0.732. The maximum atomic E-state index is 13.1. The highest BCUT2D eigenvalue weighted by Crippen LogP contribution is 2.40. The highest BCUT2D eigenvalue weighted by Gasteiger charge is 2.47. The van der Waals surface area contributed by atoms with Crippen LogP contribution in [-0.2, 0) is 14.3 Å². The van der Waals surface area contributed by atoms with E-state index in [4.69, 9.17) is 14.2 Å². The predicted molar refractivity (Wildman–Crippen MR) is 123 cm³/mol. The predicted octanol–water partition coefficient (Wildman–Crippen LogP) is 3.86. The first-order valence-electron chi connectivity index (χ1n) is 10.9. The van der Waals surface area contributed by atoms with E-state index in [2.05, 4.69) is 6.58 Å². The lowest BCUT2D eigenvalue weighted by Crippen LogP contribution is -2.36. The van der Waals surface area contributed by atoms with Gasteiger partial charge in [-0.05, 0) is 54.8 Å². The molecule has 0 aromatic heterocycles. The quantitative estimate of drug-likeness (QED) is 0.285. The average Bonchev–Trinajstić information content (AvgIpc) is 3.45. The van der Waals surface area contributed by atoms with Crippen LogP contribution in [-0.4, -0.2) is 54.7 Å². The van der Waals surface area contributed by atoms with Gasteiger partial charge < -0.3 is 24.2 Å². The largest absolute Gasteiger partial charge is 0.507 e. The fourth-order valence-electron chi connectivity index (χ4n) is 4.23. The second kappa shape index (κ2) is 9.92. The first kappa shape index (κ1) is 22.6. The Morgan fingerprint density at radius 2 is 1.85 bits per heavy atom. The Kier molecular flexibility index (Phi) is 6.79. The number of likely N-dealkylation sites (tertiary alicyclic amines) is 1. The van der Waals surface area contributed by atoms with Crippen molar-refractivity contribution < 1.29 is 28.9 Å². The number of carbonyl (C=O) groups is 2. The smallest absolute Gasteiger partial charge is 0.295 e. The van der Waals surface area contributed by atoms with E-state index in [-0.39, 0.29) is 24.0 Å². The highest BCUT2D eigenvalue weighted by atomic mass is 16.5. The Bertz CT molecular complexity index is 1050. The van der Waals surface area contributed by atoms with Crippen LogP contribution in [0.4, 0.5) is 0 Å². The Balaban J connectivity index is 1.75. The first-order valence-corrected chi connectivity index (χ1v) is 10.9. The normalized spacial score (nSPS) is 21.9. The minimum absolute atomic E-state index is 0.0583. The molecule has 0 saturated carbocycles. The molecule has 33 heavy (non-hydrogen) atoms. The van der Waals surface area contributed by atoms with Crippen molar-refractivity contribution in [2.75, 3.05) is 26.9 Å². The van der Waals surface area contributed by atoms with Gasteiger partial charge in [-0.3, -0.25) is 9.59 Å². The number of hydrogen-bond donors (Lipinski definition) is 1. The van der Waals surface area contributed by atoms with Gasteiger partial charge in [-0.2, -0.15) is 0 Å². The molecule has 2 fully saturated rings. The number of aliphatic hydroxyl groups excluding tert-OH is 1. The summed E-state index contributed by atoms with van der Waals surface area (Å²) in [6.07, 6.45) is 3.25. The second-order valence-electron chi connectivity index (χ2n) is 7.98. The Morgan fingerprint density at radius 1 is 1.15 bits per heavy atom. The van der Waals surface area contributed by atoms with Crippen molar-refractivity contribution in [2.24, 2.45) is 0 Å². The molecule has 1 N–H and O–H groups in total. The molecule has 172 valence electrons. The molecule has 7 heteroatoms. The first-order chi connectivity index (χ1) is 16.0. The van der Waals surface area contributed by atoms with Crippen LogP contribution in [0.3, 0.4) is 0 Å². The molecule has 0 aliphatic carbocycles. The van der Waals surface area contributed by atoms with Gasteiger partial charge in [-0.25, -0.2) is 0 Å². The molecule has 0 radical (unpaired) electrons. The van der Waals surface area contributed by atoms with Crippen LogP contribution in [0.25, 0.3) is 5.76 Å². The fourth-order valence-corrected chi connectivity index (χ4v) is 4.23. The molecule has 4 rings (SSSR count). The molecule has 2 aliphatic heterocycles. The molecule has 2 aliphatic rings. The molecular weight excluding hydrogens is 422 g/mol. The number of carbonyl (C=O) groups excluding carboxylic acids is 2. The number of hydrogen-bond acceptors (Lipinski definition) is 6. The summed E-state index contributed by atoms with van der Waals surface area (Å²) in [6.45, 7) is 4.93. The summed E-state index contributed by atoms with van der Waals surface area (Å²) in [4.78, 5) is 27.7. The van der Waals surface area contributed by atoms with Crippen molar-refractivity contribution in [2.45, 2.75) is 25.0 Å². The molecule has 0 bridgehead atoms. The van der Waals surface area contributed by atoms with Crippen molar-refractivity contribution in [1.82, 2.24) is 4.90 Å². The molecule has 0 spiro atoms. The number of Topliss-reactive ketones (excluding diaryl/α,β-unsaturated/α-hetero) is 1. The number of nitrogens with zero attached hydrogens (tertiary/aromatic N) is 1. The van der Waals surface area contributed by atoms with Crippen LogP contribution in [0.1, 0.15) is 30.0 Å². The summed E-state index contributed by atoms with van der Waals surface area (Å²) in [6, 6.07) is 13.1. The van der Waals surface area contributed by atoms with Crippen molar-refractivity contribution in [3.63, 3.8) is 0 Å². The van der Waals surface area contributed by atoms with E-state index in [1.165, 1.54) is 4.90 Å². The van der Waals surface area contributed by atoms with Crippen molar-refractivity contribution >= 4 is 17.4 Å². The number of benzene rings is 2. The van der Waals surface area contributed by atoms with Gasteiger partial charge in [-0.1, -0.05) is 24.8 Å². The van der Waals surface area contributed by atoms with Gasteiger partial charge in [0, 0.05) is 18.7 Å². The van der Waals surface area contributed by atoms with E-state index >= 15 is 0 Å². The van der Waals surface area contributed by atoms with Gasteiger partial charge in [-0.15, -0.1) is 0 Å². The number of amides is 1. The topological polar surface area (TPSA) is 85.3 Å². The maximum Gasteiger partial charge on any atom is 0.295 e. The molecule has 2 aromatic rings. The monoisotopic (exact) mass is 449 g/mol. The fraction of sp³-hybridized carbons (Fsp3) is 0.308. The number of ether oxygens (including phenoxy) is 3. The van der Waals surface area contributed by atoms with Crippen LogP contribution in [0.2, 0.25) is 0 Å². The minimum Gasteiger partial charge on any atom is -0.507 e. The van der Waals surface area contributed by atoms with E-state index in [0.29, 0.717) is 35.8 Å². The SMILES string of the molecule is C=CCOc1ccc(C2C(=C(O)c3ccc(OC)cc3)C(=O)C(=O)N2CC2CCCO2)cc1. The third-order valence-corrected chi connectivity index (χ3v) is 5.89. The van der Waals surface area contributed by atoms with E-state index in [1.807, 2.05) is 0 Å². The zero-order valence-corrected chi connectivity index (χ0v) is 18.5. The lowest BCUT2D eigenvalue weighted by molar-refractivity contribution is -0.140. The second-order valence-corrected chi connectivity index (χ2v) is 7.98. The van der Waals surface area contributed by atoms with Gasteiger partial charge in [0.1, 0.15) is 23.9 Å². The lowest BCUT2D eigenvalue weighted by Gasteiger charge is -2.27. The van der Waals surface area contributed by atoms with Crippen molar-refractivity contribution in [3.8, 4) is 11.5 Å². The summed E-state index contributed by atoms with van der Waals surface area (Å²) in [7, 11) is 1.55. The van der Waals surface area contributed by atoms with Crippen LogP contribution < -0.4 is 9.47 Å². The summed E-state index contributed by atoms with van der Waals surface area (Å²) in [5.41, 5.74) is 1.19. The van der Waals surface area contributed by atoms with Gasteiger partial charge in [0.2, 0.25) is 0 Å². The summed E-state index contributed by atoms with van der Waals surface area (Å²) in [5.74, 6) is -0.305. The Morgan fingerprint density at radius 3 is 2.45 bits per heavy atom. The van der Waals surface area contributed by atoms with Crippen LogP contribution in [0.5, 0.6) is 11.5 Å². The van der Waals surface area contributed by atoms with Crippen LogP contribution in [0, 0.1) is 0 Å². The molecule has 2 aromatic carbocycles. The molecular formula is C26H27NO6. The zero-order valence-electron chi connectivity index (χ0n) is 18.5. The Hall–Kier alpha value is -3.58. The van der Waals surface area contributed by atoms with Crippen LogP contribution >= 0.6 is 0 Å². The number of aliphatic hydroxyl groups is 1. The van der Waals surface area contributed by atoms with Crippen molar-refractivity contribution in [1.29, 1.82) is 0 Å². The maximum absolute atomic E-state index is 13.1. The van der Waals surface area contributed by atoms with Gasteiger partial charge >= 0.3 is 0 Å². The molecule has 2 atom stereocenters. The van der Waals surface area contributed by atoms with E-state index in [0.717, 1.165) is 12.8 Å². The standard InChI is InChI=1S/C26H27NO6/c1-3-14-32-20-12-6-17(7-13-20)23-22(24(28)18-8-10-19(31-2)11-9-18)25(29)26(30)27(23)16-21-5-4-15-33-21/h3,6-13,21,23,28H,1,4-5,14-16H2,2H3. The zero-order chi connectivity index (χ0) is 23.4. The lowest BCUT2D eigenvalue weighted by atomic mass is 9.95. The summed E-state index contributed by atoms with van der Waals surface area (Å²) >= 11 is 0. The Labute approximate surface area is 192 Å². The average molecular weight is 450 g/mol.